The number of nitrogens with zero attached hydrogens (tertiary/aromatic N) is 2. The second-order valence-corrected chi connectivity index (χ2v) is 10.2. The van der Waals surface area contributed by atoms with Gasteiger partial charge in [-0.15, -0.1) is 0 Å². The van der Waals surface area contributed by atoms with Gasteiger partial charge in [-0.25, -0.2) is 3.11 Å². The molecule has 1 heterocycles. The average molecular weight is 444 g/mol. The van der Waals surface area contributed by atoms with E-state index in [2.05, 4.69) is 44.2 Å². The normalized spacial score (nSPS) is 46.5. The lowest BCUT2D eigenvalue weighted by atomic mass is 9.61. The van der Waals surface area contributed by atoms with E-state index in [1.165, 1.54) is 30.5 Å². The lowest BCUT2D eigenvalue weighted by Gasteiger charge is -2.49. The van der Waals surface area contributed by atoms with E-state index in [-0.39, 0.29) is 5.41 Å². The highest BCUT2D eigenvalue weighted by Crippen LogP contribution is 2.84. The summed E-state index contributed by atoms with van der Waals surface area (Å²) < 4.78 is 2.60. The van der Waals surface area contributed by atoms with Gasteiger partial charge in [-0.05, 0) is 67.2 Å². The highest BCUT2D eigenvalue weighted by molar-refractivity contribution is 14.1. The zero-order valence-corrected chi connectivity index (χ0v) is 16.3. The van der Waals surface area contributed by atoms with Crippen molar-refractivity contribution in [3.63, 3.8) is 0 Å². The van der Waals surface area contributed by atoms with Crippen LogP contribution in [-0.2, 0) is 16.6 Å². The van der Waals surface area contributed by atoms with Gasteiger partial charge >= 0.3 is 0 Å². The van der Waals surface area contributed by atoms with Crippen LogP contribution in [0.3, 0.4) is 0 Å². The van der Waals surface area contributed by atoms with Crippen molar-refractivity contribution in [2.45, 2.75) is 50.0 Å². The highest BCUT2D eigenvalue weighted by Gasteiger charge is 2.85. The maximum absolute atomic E-state index is 13.0. The first kappa shape index (κ1) is 15.2. The molecule has 4 heteroatoms. The maximum atomic E-state index is 13.0. The zero-order chi connectivity index (χ0) is 17.0. The van der Waals surface area contributed by atoms with E-state index in [0.29, 0.717) is 35.0 Å². The van der Waals surface area contributed by atoms with Crippen LogP contribution < -0.4 is 0 Å². The van der Waals surface area contributed by atoms with Gasteiger partial charge in [0.1, 0.15) is 5.78 Å². The number of aryl methyl sites for hydroxylation is 1. The molecule has 0 amide bonds. The first-order valence-electron chi connectivity index (χ1n) is 9.60. The first-order chi connectivity index (χ1) is 12.1. The summed E-state index contributed by atoms with van der Waals surface area (Å²) in [6.07, 6.45) is 6.45. The maximum Gasteiger partial charge on any atom is 0.136 e. The molecular weight excluding hydrogens is 423 g/mol. The Balaban J connectivity index is 1.63. The number of benzene rings is 1. The van der Waals surface area contributed by atoms with Crippen LogP contribution in [0.1, 0.15) is 48.8 Å². The Hall–Kier alpha value is -0.930. The number of piperidine rings is 1. The number of hydrogen-bond donors (Lipinski definition) is 0. The molecule has 1 aliphatic heterocycles. The van der Waals surface area contributed by atoms with E-state index in [9.17, 15) is 10.1 Å². The van der Waals surface area contributed by atoms with E-state index in [4.69, 9.17) is 0 Å². The minimum atomic E-state index is 0.0367. The van der Waals surface area contributed by atoms with Crippen molar-refractivity contribution < 1.29 is 4.79 Å². The van der Waals surface area contributed by atoms with Gasteiger partial charge in [0.25, 0.3) is 0 Å². The highest BCUT2D eigenvalue weighted by atomic mass is 127. The van der Waals surface area contributed by atoms with Crippen molar-refractivity contribution in [1.29, 1.82) is 5.26 Å². The summed E-state index contributed by atoms with van der Waals surface area (Å²) in [4.78, 5) is 13.0. The molecule has 1 aromatic rings. The van der Waals surface area contributed by atoms with Crippen LogP contribution in [0.2, 0.25) is 0 Å². The fourth-order valence-corrected chi connectivity index (χ4v) is 9.05. The van der Waals surface area contributed by atoms with Crippen LogP contribution >= 0.6 is 22.9 Å². The third-order valence-electron chi connectivity index (χ3n) is 8.43. The van der Waals surface area contributed by atoms with Gasteiger partial charge in [0, 0.05) is 58.6 Å². The number of fused-ring (bicyclic) bond motifs is 2. The number of nitriles is 1. The molecule has 6 rings (SSSR count). The van der Waals surface area contributed by atoms with Crippen molar-refractivity contribution in [3.05, 3.63) is 34.9 Å². The number of rotatable bonds is 0. The van der Waals surface area contributed by atoms with Gasteiger partial charge in [0.05, 0.1) is 11.6 Å². The Morgan fingerprint density at radius 2 is 2.16 bits per heavy atom. The fraction of sp³-hybridized carbons (Fsp3) is 0.619. The number of carbonyl (C=O) groups excluding carboxylic acids is 1. The number of hydrogen-bond acceptors (Lipinski definition) is 3. The Kier molecular flexibility index (Phi) is 2.83. The van der Waals surface area contributed by atoms with Crippen molar-refractivity contribution in [2.75, 3.05) is 6.54 Å². The standard InChI is InChI=1S/C21H21IN2O/c22-24-11-15-4-3-13-2-1-12(10-23)7-16(13)20-9-17(25)14-5-6-18(24)21(20,8-14)19(15)20/h1-2,7,14-15,18-19H,3-6,8-9,11H2. The van der Waals surface area contributed by atoms with Crippen molar-refractivity contribution in [2.24, 2.45) is 23.2 Å². The minimum Gasteiger partial charge on any atom is -0.299 e. The Labute approximate surface area is 162 Å². The number of halogens is 1. The van der Waals surface area contributed by atoms with E-state index >= 15 is 0 Å². The summed E-state index contributed by atoms with van der Waals surface area (Å²) in [5.41, 5.74) is 3.90. The summed E-state index contributed by atoms with van der Waals surface area (Å²) in [6, 6.07) is 9.28. The topological polar surface area (TPSA) is 44.1 Å². The lowest BCUT2D eigenvalue weighted by molar-refractivity contribution is -0.129. The molecule has 4 fully saturated rings. The quantitative estimate of drug-likeness (QED) is 0.452. The molecule has 2 spiro atoms. The van der Waals surface area contributed by atoms with E-state index in [1.807, 2.05) is 6.07 Å². The van der Waals surface area contributed by atoms with Gasteiger partial charge in [-0.3, -0.25) is 4.79 Å². The largest absolute Gasteiger partial charge is 0.299 e. The van der Waals surface area contributed by atoms with Crippen LogP contribution in [0.15, 0.2) is 18.2 Å². The van der Waals surface area contributed by atoms with Gasteiger partial charge in [-0.2, -0.15) is 5.26 Å². The van der Waals surface area contributed by atoms with Crippen molar-refractivity contribution in [3.8, 4) is 6.07 Å². The van der Waals surface area contributed by atoms with Crippen LogP contribution in [-0.4, -0.2) is 21.5 Å². The summed E-state index contributed by atoms with van der Waals surface area (Å²) >= 11 is 2.57. The molecule has 6 unspecified atom stereocenters. The molecule has 128 valence electrons. The molecule has 0 aromatic heterocycles. The van der Waals surface area contributed by atoms with Crippen LogP contribution in [0.25, 0.3) is 0 Å². The van der Waals surface area contributed by atoms with Gasteiger partial charge < -0.3 is 0 Å². The Bertz CT molecular complexity index is 860. The molecular formula is C21H21IN2O. The molecule has 2 bridgehead atoms. The molecule has 5 aliphatic rings. The lowest BCUT2D eigenvalue weighted by Crippen LogP contribution is -2.52. The third kappa shape index (κ3) is 1.56. The number of carbonyl (C=O) groups is 1. The van der Waals surface area contributed by atoms with Gasteiger partial charge in [0.15, 0.2) is 0 Å². The van der Waals surface area contributed by atoms with E-state index in [1.54, 1.807) is 0 Å². The molecule has 4 aliphatic carbocycles. The smallest absolute Gasteiger partial charge is 0.136 e. The van der Waals surface area contributed by atoms with Crippen LogP contribution in [0, 0.1) is 34.5 Å². The predicted molar refractivity (Wildman–Crippen MR) is 102 cm³/mol. The molecule has 25 heavy (non-hydrogen) atoms. The van der Waals surface area contributed by atoms with E-state index < -0.39 is 0 Å². The second kappa shape index (κ2) is 4.67. The summed E-state index contributed by atoms with van der Waals surface area (Å²) in [6.45, 7) is 1.18. The molecule has 6 atom stereocenters. The molecule has 3 nitrogen and oxygen atoms in total. The van der Waals surface area contributed by atoms with Crippen LogP contribution in [0.4, 0.5) is 0 Å². The number of Topliss-reactive ketones (excluding diaryl/α,β-unsaturated/α-hetero) is 1. The molecule has 1 aromatic carbocycles. The zero-order valence-electron chi connectivity index (χ0n) is 14.2. The molecule has 0 radical (unpaired) electrons. The monoisotopic (exact) mass is 444 g/mol. The molecule has 1 saturated heterocycles. The Morgan fingerprint density at radius 1 is 1.28 bits per heavy atom. The SMILES string of the molecule is N#Cc1ccc2c(c1)C13CC(=O)C4CCC5N(I)CC(CC2)C1C53C4. The fourth-order valence-electron chi connectivity index (χ4n) is 7.77. The third-order valence-corrected chi connectivity index (χ3v) is 9.50. The summed E-state index contributed by atoms with van der Waals surface area (Å²) in [5.74, 6) is 2.18. The Morgan fingerprint density at radius 3 is 3.00 bits per heavy atom. The first-order valence-corrected chi connectivity index (χ1v) is 10.6. The molecule has 3 saturated carbocycles. The summed E-state index contributed by atoms with van der Waals surface area (Å²) in [7, 11) is 0. The number of ketones is 1. The average Bonchev–Trinajstić information content (AvgIpc) is 3.24. The van der Waals surface area contributed by atoms with Crippen molar-refractivity contribution in [1.82, 2.24) is 3.11 Å². The minimum absolute atomic E-state index is 0.0367. The second-order valence-electron chi connectivity index (χ2n) is 8.99. The van der Waals surface area contributed by atoms with Gasteiger partial charge in [0.2, 0.25) is 0 Å². The van der Waals surface area contributed by atoms with Crippen molar-refractivity contribution >= 4 is 28.6 Å². The van der Waals surface area contributed by atoms with E-state index in [0.717, 1.165) is 31.2 Å². The van der Waals surface area contributed by atoms with Crippen LogP contribution in [0.5, 0.6) is 0 Å². The molecule has 0 N–H and O–H groups in total. The van der Waals surface area contributed by atoms with Gasteiger partial charge in [-0.1, -0.05) is 6.07 Å². The summed E-state index contributed by atoms with van der Waals surface area (Å²) in [5, 5.41) is 9.46. The predicted octanol–water partition coefficient (Wildman–Crippen LogP) is 3.78.